The molecule has 0 saturated carbocycles. The van der Waals surface area contributed by atoms with Crippen LogP contribution in [0.2, 0.25) is 0 Å². The average molecular weight is 332 g/mol. The summed E-state index contributed by atoms with van der Waals surface area (Å²) < 4.78 is 18.7. The number of hydrogen-bond donors (Lipinski definition) is 0. The Balaban J connectivity index is 4.77. The minimum Gasteiger partial charge on any atom is -0.465 e. The van der Waals surface area contributed by atoms with Gasteiger partial charge in [-0.25, -0.2) is 0 Å². The largest absolute Gasteiger partial charge is 0.465 e. The van der Waals surface area contributed by atoms with Crippen LogP contribution in [0.3, 0.4) is 0 Å². The van der Waals surface area contributed by atoms with Crippen molar-refractivity contribution in [1.29, 1.82) is 0 Å². The normalized spacial score (nSPS) is 13.1. The van der Waals surface area contributed by atoms with Crippen molar-refractivity contribution in [2.24, 2.45) is 0 Å². The topological polar surface area (TPSA) is 43.4 Å². The number of unbranched alkanes of at least 4 members (excludes halogenated alkanes) is 6. The molecule has 0 saturated heterocycles. The van der Waals surface area contributed by atoms with Gasteiger partial charge in [0, 0.05) is 12.3 Å². The van der Waals surface area contributed by atoms with Crippen molar-refractivity contribution in [2.75, 3.05) is 18.9 Å². The number of carbonyl (C=O) groups is 1. The molecule has 3 nitrogen and oxygen atoms in total. The van der Waals surface area contributed by atoms with Crippen LogP contribution in [-0.4, -0.2) is 30.6 Å². The molecule has 0 aromatic heterocycles. The summed E-state index contributed by atoms with van der Waals surface area (Å²) in [6.07, 6.45) is 11.0. The Labute approximate surface area is 138 Å². The summed E-state index contributed by atoms with van der Waals surface area (Å²) in [5.41, 5.74) is -0.379. The summed E-state index contributed by atoms with van der Waals surface area (Å²) >= 11 is 0. The first-order valence-electron chi connectivity index (χ1n) is 9.30. The molecule has 0 amide bonds. The highest BCUT2D eigenvalue weighted by Gasteiger charge is 2.36. The van der Waals surface area contributed by atoms with E-state index in [0.717, 1.165) is 38.0 Å². The summed E-state index contributed by atoms with van der Waals surface area (Å²) in [5, 5.41) is 0. The maximum Gasteiger partial charge on any atom is 0.316 e. The van der Waals surface area contributed by atoms with E-state index in [2.05, 4.69) is 13.8 Å². The summed E-state index contributed by atoms with van der Waals surface area (Å²) in [4.78, 5) is 12.2. The summed E-state index contributed by atoms with van der Waals surface area (Å²) in [6, 6.07) is 0. The molecule has 1 atom stereocenters. The van der Waals surface area contributed by atoms with Crippen LogP contribution in [0, 0.1) is 0 Å². The molecule has 0 aromatic rings. The molecule has 1 unspecified atom stereocenters. The Kier molecular flexibility index (Phi) is 13.0. The number of esters is 1. The van der Waals surface area contributed by atoms with Crippen molar-refractivity contribution in [3.05, 3.63) is 0 Å². The highest BCUT2D eigenvalue weighted by molar-refractivity contribution is 7.65. The lowest BCUT2D eigenvalue weighted by Gasteiger charge is -2.26. The third-order valence-electron chi connectivity index (χ3n) is 4.29. The Morgan fingerprint density at radius 2 is 1.36 bits per heavy atom. The fourth-order valence-electron chi connectivity index (χ4n) is 2.97. The van der Waals surface area contributed by atoms with Crippen molar-refractivity contribution in [2.45, 2.75) is 91.1 Å². The van der Waals surface area contributed by atoms with Gasteiger partial charge < -0.3 is 9.30 Å². The van der Waals surface area contributed by atoms with Crippen molar-refractivity contribution in [3.8, 4) is 0 Å². The molecule has 0 N–H and O–H groups in total. The van der Waals surface area contributed by atoms with Crippen LogP contribution in [0.5, 0.6) is 0 Å². The third-order valence-corrected chi connectivity index (χ3v) is 8.15. The number of rotatable bonds is 14. The van der Waals surface area contributed by atoms with E-state index in [1.54, 1.807) is 0 Å². The standard InChI is InChI=1S/C18H37O3P/c1-5-9-11-13-15-22(20,16-14-12-10-6-2)17(7-3)18(19)21-8-4/h17H,5-16H2,1-4H3. The van der Waals surface area contributed by atoms with Gasteiger partial charge in [-0.3, -0.25) is 4.79 Å². The molecule has 0 fully saturated rings. The molecule has 0 aromatic carbocycles. The van der Waals surface area contributed by atoms with E-state index in [4.69, 9.17) is 4.74 Å². The lowest BCUT2D eigenvalue weighted by atomic mass is 10.2. The van der Waals surface area contributed by atoms with Gasteiger partial charge >= 0.3 is 5.97 Å². The fourth-order valence-corrected chi connectivity index (χ4v) is 6.45. The van der Waals surface area contributed by atoms with Gasteiger partial charge in [-0.15, -0.1) is 0 Å². The second kappa shape index (κ2) is 13.2. The van der Waals surface area contributed by atoms with Crippen LogP contribution in [-0.2, 0) is 14.1 Å². The van der Waals surface area contributed by atoms with Crippen LogP contribution >= 0.6 is 7.14 Å². The summed E-state index contributed by atoms with van der Waals surface area (Å²) in [7, 11) is -2.47. The second-order valence-corrected chi connectivity index (χ2v) is 9.62. The van der Waals surface area contributed by atoms with E-state index >= 15 is 0 Å². The molecule has 0 heterocycles. The zero-order valence-electron chi connectivity index (χ0n) is 15.2. The zero-order chi connectivity index (χ0) is 16.8. The van der Waals surface area contributed by atoms with Gasteiger partial charge in [0.2, 0.25) is 0 Å². The Morgan fingerprint density at radius 1 is 0.864 bits per heavy atom. The predicted molar refractivity (Wildman–Crippen MR) is 96.3 cm³/mol. The Hall–Kier alpha value is -0.300. The van der Waals surface area contributed by atoms with Crippen molar-refractivity contribution >= 4 is 13.1 Å². The number of hydrogen-bond acceptors (Lipinski definition) is 3. The van der Waals surface area contributed by atoms with Gasteiger partial charge in [-0.1, -0.05) is 59.3 Å². The van der Waals surface area contributed by atoms with E-state index in [9.17, 15) is 9.36 Å². The maximum absolute atomic E-state index is 13.5. The maximum atomic E-state index is 13.5. The van der Waals surface area contributed by atoms with Crippen molar-refractivity contribution < 1.29 is 14.1 Å². The molecule has 132 valence electrons. The van der Waals surface area contributed by atoms with Crippen molar-refractivity contribution in [3.63, 3.8) is 0 Å². The summed E-state index contributed by atoms with van der Waals surface area (Å²) in [6.45, 7) is 8.51. The molecule has 0 radical (unpaired) electrons. The van der Waals surface area contributed by atoms with E-state index in [0.29, 0.717) is 13.0 Å². The molecule has 0 aliphatic carbocycles. The molecule has 0 aliphatic heterocycles. The van der Waals surface area contributed by atoms with Gasteiger partial charge in [-0.2, -0.15) is 0 Å². The molecular weight excluding hydrogens is 295 g/mol. The number of ether oxygens (including phenoxy) is 1. The minimum atomic E-state index is -2.47. The zero-order valence-corrected chi connectivity index (χ0v) is 16.1. The first-order valence-corrected chi connectivity index (χ1v) is 11.4. The average Bonchev–Trinajstić information content (AvgIpc) is 2.49. The van der Waals surface area contributed by atoms with Crippen LogP contribution in [0.25, 0.3) is 0 Å². The van der Waals surface area contributed by atoms with Gasteiger partial charge in [0.05, 0.1) is 6.61 Å². The molecular formula is C18H37O3P. The number of carbonyl (C=O) groups excluding carboxylic acids is 1. The molecule has 0 rings (SSSR count). The van der Waals surface area contributed by atoms with Crippen LogP contribution in [0.4, 0.5) is 0 Å². The van der Waals surface area contributed by atoms with Gasteiger partial charge in [0.25, 0.3) is 0 Å². The van der Waals surface area contributed by atoms with Gasteiger partial charge in [-0.05, 0) is 26.2 Å². The van der Waals surface area contributed by atoms with Crippen LogP contribution in [0.15, 0.2) is 0 Å². The highest BCUT2D eigenvalue weighted by atomic mass is 31.2. The van der Waals surface area contributed by atoms with Gasteiger partial charge in [0.1, 0.15) is 12.8 Å². The molecule has 22 heavy (non-hydrogen) atoms. The lowest BCUT2D eigenvalue weighted by molar-refractivity contribution is -0.142. The summed E-state index contributed by atoms with van der Waals surface area (Å²) in [5.74, 6) is -0.237. The molecule has 0 aliphatic rings. The highest BCUT2D eigenvalue weighted by Crippen LogP contribution is 2.54. The Bertz CT molecular complexity index is 312. The molecule has 0 spiro atoms. The third kappa shape index (κ3) is 8.36. The van der Waals surface area contributed by atoms with E-state index in [-0.39, 0.29) is 11.6 Å². The monoisotopic (exact) mass is 332 g/mol. The van der Waals surface area contributed by atoms with E-state index < -0.39 is 7.14 Å². The first kappa shape index (κ1) is 21.7. The quantitative estimate of drug-likeness (QED) is 0.227. The van der Waals surface area contributed by atoms with Crippen LogP contribution < -0.4 is 0 Å². The fraction of sp³-hybridized carbons (Fsp3) is 0.944. The second-order valence-electron chi connectivity index (χ2n) is 6.20. The lowest BCUT2D eigenvalue weighted by Crippen LogP contribution is -2.25. The van der Waals surface area contributed by atoms with E-state index in [1.165, 1.54) is 25.7 Å². The van der Waals surface area contributed by atoms with Gasteiger partial charge in [0.15, 0.2) is 0 Å². The van der Waals surface area contributed by atoms with Crippen LogP contribution in [0.1, 0.15) is 85.5 Å². The first-order chi connectivity index (χ1) is 10.6. The predicted octanol–water partition coefficient (Wildman–Crippen LogP) is 5.85. The minimum absolute atomic E-state index is 0.237. The molecule has 4 heteroatoms. The van der Waals surface area contributed by atoms with Crippen molar-refractivity contribution in [1.82, 2.24) is 0 Å². The van der Waals surface area contributed by atoms with E-state index in [1.807, 2.05) is 13.8 Å². The molecule has 0 bridgehead atoms. The SMILES string of the molecule is CCCCCCP(=O)(CCCCCC)C(CC)C(=O)OCC. The Morgan fingerprint density at radius 3 is 1.73 bits per heavy atom. The smallest absolute Gasteiger partial charge is 0.316 e.